The molecule has 0 amide bonds. The minimum Gasteiger partial charge on any atom is -0.339 e. The Kier molecular flexibility index (Phi) is 4.05. The second-order valence-electron chi connectivity index (χ2n) is 4.02. The maximum Gasteiger partial charge on any atom is 0.227 e. The first-order chi connectivity index (χ1) is 8.70. The van der Waals surface area contributed by atoms with Crippen LogP contribution in [0.25, 0.3) is 11.5 Å². The molecule has 5 nitrogen and oxygen atoms in total. The molecule has 18 heavy (non-hydrogen) atoms. The van der Waals surface area contributed by atoms with E-state index in [4.69, 9.17) is 9.78 Å². The molecule has 2 aromatic heterocycles. The van der Waals surface area contributed by atoms with Crippen molar-refractivity contribution in [3.8, 4) is 17.6 Å². The van der Waals surface area contributed by atoms with E-state index >= 15 is 0 Å². The third-order valence-electron chi connectivity index (χ3n) is 2.40. The Labute approximate surface area is 113 Å². The summed E-state index contributed by atoms with van der Waals surface area (Å²) in [5, 5.41) is 12.5. The van der Waals surface area contributed by atoms with Crippen LogP contribution in [-0.2, 0) is 6.42 Å². The van der Waals surface area contributed by atoms with Gasteiger partial charge >= 0.3 is 0 Å². The van der Waals surface area contributed by atoms with Crippen molar-refractivity contribution in [1.29, 1.82) is 5.26 Å². The van der Waals surface area contributed by atoms with E-state index < -0.39 is 0 Å². The van der Waals surface area contributed by atoms with E-state index in [2.05, 4.69) is 37.1 Å². The van der Waals surface area contributed by atoms with Crippen LogP contribution in [0.5, 0.6) is 0 Å². The van der Waals surface area contributed by atoms with Gasteiger partial charge in [-0.15, -0.1) is 0 Å². The zero-order valence-corrected chi connectivity index (χ0v) is 11.4. The second-order valence-corrected chi connectivity index (χ2v) is 4.87. The number of hydrogen-bond acceptors (Lipinski definition) is 5. The Bertz CT molecular complexity index is 575. The molecule has 6 heteroatoms. The largest absolute Gasteiger partial charge is 0.339 e. The SMILES string of the molecule is CC(CC#N)Cc1nc(-c2ncccc2Br)no1. The van der Waals surface area contributed by atoms with Gasteiger partial charge in [-0.1, -0.05) is 12.1 Å². The normalized spacial score (nSPS) is 12.1. The van der Waals surface area contributed by atoms with Crippen LogP contribution in [0.4, 0.5) is 0 Å². The molecule has 0 saturated heterocycles. The Morgan fingerprint density at radius 3 is 3.11 bits per heavy atom. The molecule has 0 N–H and O–H groups in total. The minimum absolute atomic E-state index is 0.204. The van der Waals surface area contributed by atoms with Gasteiger partial charge in [0.2, 0.25) is 11.7 Å². The number of halogens is 1. The Morgan fingerprint density at radius 2 is 2.39 bits per heavy atom. The van der Waals surface area contributed by atoms with Crippen LogP contribution in [0, 0.1) is 17.2 Å². The number of nitriles is 1. The maximum absolute atomic E-state index is 8.60. The molecule has 2 heterocycles. The molecular weight excluding hydrogens is 296 g/mol. The third kappa shape index (κ3) is 2.93. The van der Waals surface area contributed by atoms with E-state index in [0.29, 0.717) is 30.3 Å². The van der Waals surface area contributed by atoms with Crippen molar-refractivity contribution >= 4 is 15.9 Å². The van der Waals surface area contributed by atoms with Crippen LogP contribution in [0.2, 0.25) is 0 Å². The summed E-state index contributed by atoms with van der Waals surface area (Å²) in [5.41, 5.74) is 0.653. The molecule has 2 aromatic rings. The number of nitrogens with zero attached hydrogens (tertiary/aromatic N) is 4. The monoisotopic (exact) mass is 306 g/mol. The van der Waals surface area contributed by atoms with Gasteiger partial charge in [-0.05, 0) is 34.0 Å². The lowest BCUT2D eigenvalue weighted by molar-refractivity contribution is 0.359. The lowest BCUT2D eigenvalue weighted by Crippen LogP contribution is -1.98. The van der Waals surface area contributed by atoms with Crippen LogP contribution in [0.15, 0.2) is 27.3 Å². The molecule has 1 unspecified atom stereocenters. The zero-order valence-electron chi connectivity index (χ0n) is 9.80. The predicted molar refractivity (Wildman–Crippen MR) is 68.3 cm³/mol. The molecule has 2 rings (SSSR count). The molecule has 0 spiro atoms. The van der Waals surface area contributed by atoms with E-state index in [1.165, 1.54) is 0 Å². The standard InChI is InChI=1S/C12H11BrN4O/c1-8(4-5-14)7-10-16-12(17-18-10)11-9(13)3-2-6-15-11/h2-3,6,8H,4,7H2,1H3. The molecule has 0 aliphatic carbocycles. The number of pyridine rings is 1. The topological polar surface area (TPSA) is 75.6 Å². The highest BCUT2D eigenvalue weighted by molar-refractivity contribution is 9.10. The average molecular weight is 307 g/mol. The Hall–Kier alpha value is -1.74. The first kappa shape index (κ1) is 12.7. The van der Waals surface area contributed by atoms with Crippen LogP contribution < -0.4 is 0 Å². The van der Waals surface area contributed by atoms with E-state index in [-0.39, 0.29) is 5.92 Å². The van der Waals surface area contributed by atoms with Crippen molar-refractivity contribution in [2.75, 3.05) is 0 Å². The number of aromatic nitrogens is 3. The van der Waals surface area contributed by atoms with Crippen molar-refractivity contribution in [3.05, 3.63) is 28.7 Å². The first-order valence-electron chi connectivity index (χ1n) is 5.51. The van der Waals surface area contributed by atoms with E-state index in [1.54, 1.807) is 6.20 Å². The molecule has 0 saturated carbocycles. The van der Waals surface area contributed by atoms with Gasteiger partial charge in [-0.3, -0.25) is 4.98 Å². The average Bonchev–Trinajstić information content (AvgIpc) is 2.78. The zero-order chi connectivity index (χ0) is 13.0. The summed E-state index contributed by atoms with van der Waals surface area (Å²) in [4.78, 5) is 8.48. The highest BCUT2D eigenvalue weighted by Crippen LogP contribution is 2.23. The molecule has 1 atom stereocenters. The summed E-state index contributed by atoms with van der Waals surface area (Å²) in [6.45, 7) is 1.98. The van der Waals surface area contributed by atoms with E-state index in [0.717, 1.165) is 4.47 Å². The van der Waals surface area contributed by atoms with Crippen LogP contribution in [0.1, 0.15) is 19.2 Å². The van der Waals surface area contributed by atoms with Crippen molar-refractivity contribution < 1.29 is 4.52 Å². The molecule has 0 radical (unpaired) electrons. The molecular formula is C12H11BrN4O. The van der Waals surface area contributed by atoms with Gasteiger partial charge in [0.25, 0.3) is 0 Å². The summed E-state index contributed by atoms with van der Waals surface area (Å²) in [7, 11) is 0. The van der Waals surface area contributed by atoms with Gasteiger partial charge in [-0.2, -0.15) is 10.2 Å². The predicted octanol–water partition coefficient (Wildman–Crippen LogP) is 2.99. The fourth-order valence-corrected chi connectivity index (χ4v) is 1.94. The first-order valence-corrected chi connectivity index (χ1v) is 6.30. The number of hydrogen-bond donors (Lipinski definition) is 0. The smallest absolute Gasteiger partial charge is 0.227 e. The lowest BCUT2D eigenvalue weighted by atomic mass is 10.1. The summed E-state index contributed by atoms with van der Waals surface area (Å²) in [5.74, 6) is 1.20. The Morgan fingerprint density at radius 1 is 1.56 bits per heavy atom. The van der Waals surface area contributed by atoms with Crippen molar-refractivity contribution in [1.82, 2.24) is 15.1 Å². The Balaban J connectivity index is 2.16. The summed E-state index contributed by atoms with van der Waals surface area (Å²) in [6.07, 6.45) is 2.75. The molecule has 0 aliphatic rings. The van der Waals surface area contributed by atoms with Gasteiger partial charge in [0.1, 0.15) is 5.69 Å². The van der Waals surface area contributed by atoms with E-state index in [1.807, 2.05) is 19.1 Å². The van der Waals surface area contributed by atoms with E-state index in [9.17, 15) is 0 Å². The molecule has 92 valence electrons. The van der Waals surface area contributed by atoms with Gasteiger partial charge in [-0.25, -0.2) is 0 Å². The van der Waals surface area contributed by atoms with Crippen molar-refractivity contribution in [2.24, 2.45) is 5.92 Å². The van der Waals surface area contributed by atoms with Crippen LogP contribution >= 0.6 is 15.9 Å². The third-order valence-corrected chi connectivity index (χ3v) is 3.04. The minimum atomic E-state index is 0.204. The van der Waals surface area contributed by atoms with Crippen molar-refractivity contribution in [2.45, 2.75) is 19.8 Å². The van der Waals surface area contributed by atoms with Crippen molar-refractivity contribution in [3.63, 3.8) is 0 Å². The highest BCUT2D eigenvalue weighted by Gasteiger charge is 2.14. The van der Waals surface area contributed by atoms with Gasteiger partial charge in [0.15, 0.2) is 0 Å². The fraction of sp³-hybridized carbons (Fsp3) is 0.333. The number of rotatable bonds is 4. The maximum atomic E-state index is 8.60. The second kappa shape index (κ2) is 5.74. The molecule has 0 bridgehead atoms. The molecule has 0 aliphatic heterocycles. The summed E-state index contributed by atoms with van der Waals surface area (Å²) in [6, 6.07) is 5.82. The fourth-order valence-electron chi connectivity index (χ4n) is 1.51. The quantitative estimate of drug-likeness (QED) is 0.868. The lowest BCUT2D eigenvalue weighted by Gasteiger charge is -2.00. The van der Waals surface area contributed by atoms with Gasteiger partial charge < -0.3 is 4.52 Å². The van der Waals surface area contributed by atoms with Crippen LogP contribution in [0.3, 0.4) is 0 Å². The molecule has 0 aromatic carbocycles. The summed E-state index contributed by atoms with van der Waals surface area (Å²) >= 11 is 3.39. The summed E-state index contributed by atoms with van der Waals surface area (Å²) < 4.78 is 5.98. The molecule has 0 fully saturated rings. The van der Waals surface area contributed by atoms with Crippen LogP contribution in [-0.4, -0.2) is 15.1 Å². The van der Waals surface area contributed by atoms with Gasteiger partial charge in [0, 0.05) is 23.5 Å². The van der Waals surface area contributed by atoms with Gasteiger partial charge in [0.05, 0.1) is 6.07 Å². The highest BCUT2D eigenvalue weighted by atomic mass is 79.9.